The first-order valence-corrected chi connectivity index (χ1v) is 6.42. The van der Waals surface area contributed by atoms with Gasteiger partial charge in [0, 0.05) is 36.5 Å². The molecule has 0 unspecified atom stereocenters. The highest BCUT2D eigenvalue weighted by Gasteiger charge is 2.07. The molecule has 0 fully saturated rings. The largest absolute Gasteiger partial charge is 0.481 e. The Hall–Kier alpha value is -2.83. The second kappa shape index (κ2) is 5.28. The van der Waals surface area contributed by atoms with Crippen LogP contribution in [0.5, 0.6) is 5.88 Å². The summed E-state index contributed by atoms with van der Waals surface area (Å²) in [6.45, 7) is 1.25. The number of carbonyl (C=O) groups is 1. The highest BCUT2D eigenvalue weighted by molar-refractivity contribution is 5.90. The molecule has 1 amide bonds. The highest BCUT2D eigenvalue weighted by Crippen LogP contribution is 2.17. The van der Waals surface area contributed by atoms with E-state index in [0.29, 0.717) is 19.0 Å². The van der Waals surface area contributed by atoms with Gasteiger partial charge in [0.15, 0.2) is 5.69 Å². The fourth-order valence-corrected chi connectivity index (χ4v) is 2.10. The highest BCUT2D eigenvalue weighted by atomic mass is 16.5. The predicted molar refractivity (Wildman–Crippen MR) is 75.9 cm³/mol. The van der Waals surface area contributed by atoms with Crippen molar-refractivity contribution in [3.05, 3.63) is 42.4 Å². The number of primary amides is 1. The van der Waals surface area contributed by atoms with E-state index in [1.807, 2.05) is 29.0 Å². The lowest BCUT2D eigenvalue weighted by Gasteiger charge is -2.06. The van der Waals surface area contributed by atoms with Crippen LogP contribution in [-0.2, 0) is 13.1 Å². The summed E-state index contributed by atoms with van der Waals surface area (Å²) in [5, 5.41) is 5.09. The summed E-state index contributed by atoms with van der Waals surface area (Å²) < 4.78 is 8.78. The summed E-state index contributed by atoms with van der Waals surface area (Å²) in [4.78, 5) is 15.4. The fraction of sp³-hybridized carbons (Fsp3) is 0.214. The summed E-state index contributed by atoms with van der Waals surface area (Å²) in [5.41, 5.74) is 6.14. The van der Waals surface area contributed by atoms with Crippen molar-refractivity contribution < 1.29 is 9.53 Å². The number of nitrogens with zero attached hydrogens (tertiary/aromatic N) is 4. The number of rotatable bonds is 5. The van der Waals surface area contributed by atoms with Crippen LogP contribution in [0.3, 0.4) is 0 Å². The lowest BCUT2D eigenvalue weighted by Crippen LogP contribution is -2.13. The molecule has 0 aliphatic rings. The lowest BCUT2D eigenvalue weighted by atomic mass is 10.3. The van der Waals surface area contributed by atoms with Crippen LogP contribution in [0.2, 0.25) is 0 Å². The maximum Gasteiger partial charge on any atom is 0.269 e. The average Bonchev–Trinajstić information content (AvgIpc) is 3.11. The average molecular weight is 284 g/mol. The molecule has 0 saturated heterocycles. The molecule has 3 rings (SSSR count). The van der Waals surface area contributed by atoms with Crippen molar-refractivity contribution in [2.45, 2.75) is 13.1 Å². The van der Waals surface area contributed by atoms with Gasteiger partial charge in [-0.25, -0.2) is 0 Å². The van der Waals surface area contributed by atoms with Crippen molar-refractivity contribution in [3.63, 3.8) is 0 Å². The van der Waals surface area contributed by atoms with E-state index in [-0.39, 0.29) is 5.69 Å². The number of hydrogen-bond donors (Lipinski definition) is 1. The number of methoxy groups -OCH3 is 1. The Balaban J connectivity index is 1.79. The van der Waals surface area contributed by atoms with Crippen LogP contribution in [0.4, 0.5) is 0 Å². The molecular formula is C14H14N5O2. The van der Waals surface area contributed by atoms with E-state index < -0.39 is 5.91 Å². The van der Waals surface area contributed by atoms with Crippen LogP contribution in [0.15, 0.2) is 30.6 Å². The van der Waals surface area contributed by atoms with Gasteiger partial charge in [0.2, 0.25) is 5.88 Å². The monoisotopic (exact) mass is 284 g/mol. The van der Waals surface area contributed by atoms with Gasteiger partial charge < -0.3 is 15.0 Å². The van der Waals surface area contributed by atoms with Crippen molar-refractivity contribution >= 4 is 16.9 Å². The predicted octanol–water partition coefficient (Wildman–Crippen LogP) is 0.841. The second-order valence-corrected chi connectivity index (χ2v) is 4.52. The van der Waals surface area contributed by atoms with E-state index in [4.69, 9.17) is 10.5 Å². The van der Waals surface area contributed by atoms with E-state index in [1.165, 1.54) is 0 Å². The number of pyridine rings is 1. The number of aromatic nitrogens is 4. The molecule has 3 aromatic heterocycles. The molecular weight excluding hydrogens is 270 g/mol. The maximum absolute atomic E-state index is 11.0. The fourth-order valence-electron chi connectivity index (χ4n) is 2.10. The van der Waals surface area contributed by atoms with Gasteiger partial charge in [-0.1, -0.05) is 0 Å². The van der Waals surface area contributed by atoms with Crippen molar-refractivity contribution in [1.29, 1.82) is 0 Å². The zero-order valence-electron chi connectivity index (χ0n) is 11.5. The standard InChI is InChI=1S/C14H14N5O2/c1-21-12-3-2-10-4-6-18(14(10)16-12)8-9-19-7-5-11(17-19)13(15)20/h2-4,6-7H,8-9H2,1H3,(H2,15,20). The van der Waals surface area contributed by atoms with Gasteiger partial charge in [0.1, 0.15) is 5.65 Å². The molecule has 0 aromatic carbocycles. The van der Waals surface area contributed by atoms with E-state index in [0.717, 1.165) is 11.0 Å². The van der Waals surface area contributed by atoms with Crippen LogP contribution >= 0.6 is 0 Å². The molecule has 1 radical (unpaired) electrons. The van der Waals surface area contributed by atoms with Gasteiger partial charge in [-0.2, -0.15) is 10.1 Å². The topological polar surface area (TPSA) is 88.0 Å². The minimum Gasteiger partial charge on any atom is -0.481 e. The first kappa shape index (κ1) is 13.2. The lowest BCUT2D eigenvalue weighted by molar-refractivity contribution is 0.0994. The van der Waals surface area contributed by atoms with E-state index in [2.05, 4.69) is 16.1 Å². The third-order valence-corrected chi connectivity index (χ3v) is 3.18. The maximum atomic E-state index is 11.0. The van der Waals surface area contributed by atoms with Crippen molar-refractivity contribution in [2.75, 3.05) is 7.11 Å². The number of aryl methyl sites for hydroxylation is 2. The Morgan fingerprint density at radius 1 is 1.38 bits per heavy atom. The number of hydrogen-bond acceptors (Lipinski definition) is 4. The Bertz CT molecular complexity index is 790. The van der Waals surface area contributed by atoms with Gasteiger partial charge in [0.25, 0.3) is 5.91 Å². The number of carbonyl (C=O) groups excluding carboxylic acids is 1. The van der Waals surface area contributed by atoms with Crippen LogP contribution in [0.25, 0.3) is 11.0 Å². The van der Waals surface area contributed by atoms with Crippen LogP contribution in [0, 0.1) is 6.07 Å². The first-order valence-electron chi connectivity index (χ1n) is 6.42. The minimum atomic E-state index is -0.577. The third-order valence-electron chi connectivity index (χ3n) is 3.18. The van der Waals surface area contributed by atoms with Gasteiger partial charge in [-0.15, -0.1) is 0 Å². The SMILES string of the molecule is COc1ccc2ccn(CCn3c[c]c(C(N)=O)n3)c2n1. The Morgan fingerprint density at radius 2 is 2.24 bits per heavy atom. The summed E-state index contributed by atoms with van der Waals surface area (Å²) in [5.74, 6) is -0.00236. The molecule has 0 spiro atoms. The molecule has 3 aromatic rings. The molecule has 0 aliphatic heterocycles. The number of ether oxygens (including phenoxy) is 1. The molecule has 0 bridgehead atoms. The van der Waals surface area contributed by atoms with Crippen LogP contribution < -0.4 is 10.5 Å². The third kappa shape index (κ3) is 2.58. The number of nitrogens with two attached hydrogens (primary N) is 1. The summed E-state index contributed by atoms with van der Waals surface area (Å²) >= 11 is 0. The zero-order chi connectivity index (χ0) is 14.8. The summed E-state index contributed by atoms with van der Waals surface area (Å²) in [6.07, 6.45) is 3.57. The molecule has 0 saturated carbocycles. The molecule has 0 aliphatic carbocycles. The van der Waals surface area contributed by atoms with Crippen molar-refractivity contribution in [2.24, 2.45) is 5.73 Å². The molecule has 2 N–H and O–H groups in total. The Labute approximate surface area is 120 Å². The van der Waals surface area contributed by atoms with Gasteiger partial charge >= 0.3 is 0 Å². The van der Waals surface area contributed by atoms with E-state index >= 15 is 0 Å². The summed E-state index contributed by atoms with van der Waals surface area (Å²) in [6, 6.07) is 8.51. The molecule has 0 atom stereocenters. The van der Waals surface area contributed by atoms with Crippen molar-refractivity contribution in [1.82, 2.24) is 19.3 Å². The molecule has 7 heteroatoms. The molecule has 107 valence electrons. The Kier molecular flexibility index (Phi) is 3.31. The molecule has 3 heterocycles. The van der Waals surface area contributed by atoms with Gasteiger partial charge in [-0.3, -0.25) is 9.48 Å². The normalized spacial score (nSPS) is 10.9. The van der Waals surface area contributed by atoms with Crippen LogP contribution in [0.1, 0.15) is 10.5 Å². The molecule has 7 nitrogen and oxygen atoms in total. The number of amides is 1. The zero-order valence-corrected chi connectivity index (χ0v) is 11.5. The smallest absolute Gasteiger partial charge is 0.269 e. The minimum absolute atomic E-state index is 0.146. The van der Waals surface area contributed by atoms with Crippen LogP contribution in [-0.4, -0.2) is 32.3 Å². The van der Waals surface area contributed by atoms with E-state index in [1.54, 1.807) is 18.0 Å². The second-order valence-electron chi connectivity index (χ2n) is 4.52. The first-order chi connectivity index (χ1) is 10.2. The summed E-state index contributed by atoms with van der Waals surface area (Å²) in [7, 11) is 1.59. The molecule has 21 heavy (non-hydrogen) atoms. The van der Waals surface area contributed by atoms with Gasteiger partial charge in [0.05, 0.1) is 13.7 Å². The van der Waals surface area contributed by atoms with Gasteiger partial charge in [-0.05, 0) is 12.1 Å². The Morgan fingerprint density at radius 3 is 2.95 bits per heavy atom. The number of fused-ring (bicyclic) bond motifs is 1. The quantitative estimate of drug-likeness (QED) is 0.752. The van der Waals surface area contributed by atoms with Crippen molar-refractivity contribution in [3.8, 4) is 5.88 Å². The van der Waals surface area contributed by atoms with E-state index in [9.17, 15) is 4.79 Å².